The molecule has 0 heterocycles. The molecule has 0 saturated carbocycles. The molecule has 3 aromatic carbocycles. The third-order valence-corrected chi connectivity index (χ3v) is 4.01. The summed E-state index contributed by atoms with van der Waals surface area (Å²) in [7, 11) is 0. The van der Waals surface area contributed by atoms with Crippen molar-refractivity contribution in [2.24, 2.45) is 0 Å². The van der Waals surface area contributed by atoms with Crippen LogP contribution in [-0.4, -0.2) is 0 Å². The zero-order valence-electron chi connectivity index (χ0n) is 13.1. The summed E-state index contributed by atoms with van der Waals surface area (Å²) >= 11 is 0. The van der Waals surface area contributed by atoms with Crippen molar-refractivity contribution < 1.29 is 0 Å². The molecular weight excluding hydrogens is 264 g/mol. The molecule has 0 heteroatoms. The van der Waals surface area contributed by atoms with Gasteiger partial charge in [-0.25, -0.2) is 0 Å². The van der Waals surface area contributed by atoms with Gasteiger partial charge in [-0.2, -0.15) is 0 Å². The summed E-state index contributed by atoms with van der Waals surface area (Å²) in [4.78, 5) is 0. The van der Waals surface area contributed by atoms with Crippen molar-refractivity contribution in [3.63, 3.8) is 0 Å². The Kier molecular flexibility index (Phi) is 4.20. The summed E-state index contributed by atoms with van der Waals surface area (Å²) in [6.45, 7) is 4.33. The van der Waals surface area contributed by atoms with Crippen molar-refractivity contribution in [2.45, 2.75) is 13.8 Å². The van der Waals surface area contributed by atoms with Gasteiger partial charge in [0, 0.05) is 0 Å². The van der Waals surface area contributed by atoms with Gasteiger partial charge >= 0.3 is 0 Å². The second-order valence-corrected chi connectivity index (χ2v) is 5.60. The Morgan fingerprint density at radius 2 is 1.23 bits per heavy atom. The molecule has 0 fully saturated rings. The normalized spacial score (nSPS) is 11.5. The Labute approximate surface area is 132 Å². The lowest BCUT2D eigenvalue weighted by atomic mass is 9.92. The Hall–Kier alpha value is -2.60. The minimum atomic E-state index is 1.25. The van der Waals surface area contributed by atoms with Gasteiger partial charge in [-0.05, 0) is 53.3 Å². The molecule has 0 saturated heterocycles. The largest absolute Gasteiger partial charge is 0.0622 e. The van der Waals surface area contributed by atoms with Crippen LogP contribution in [0.5, 0.6) is 0 Å². The maximum atomic E-state index is 2.30. The predicted molar refractivity (Wildman–Crippen MR) is 95.8 cm³/mol. The molecule has 0 aliphatic rings. The van der Waals surface area contributed by atoms with E-state index in [1.807, 2.05) is 0 Å². The van der Waals surface area contributed by atoms with E-state index in [9.17, 15) is 0 Å². The van der Waals surface area contributed by atoms with Crippen LogP contribution >= 0.6 is 0 Å². The quantitative estimate of drug-likeness (QED) is 0.526. The van der Waals surface area contributed by atoms with Crippen molar-refractivity contribution in [2.75, 3.05) is 0 Å². The molecule has 0 unspecified atom stereocenters. The standard InChI is InChI=1S/C22H20/c1-17-10-6-8-14-20(17)16-22(19-12-4-3-5-13-19)21-15-9-7-11-18(21)2/h3-16H,1-2H3/b22-16+. The minimum absolute atomic E-state index is 1.25. The van der Waals surface area contributed by atoms with Gasteiger partial charge in [0.15, 0.2) is 0 Å². The highest BCUT2D eigenvalue weighted by molar-refractivity contribution is 5.92. The van der Waals surface area contributed by atoms with E-state index in [2.05, 4.69) is 98.8 Å². The van der Waals surface area contributed by atoms with Gasteiger partial charge in [-0.1, -0.05) is 78.9 Å². The molecule has 0 aliphatic heterocycles. The zero-order valence-corrected chi connectivity index (χ0v) is 13.1. The Morgan fingerprint density at radius 3 is 1.91 bits per heavy atom. The van der Waals surface area contributed by atoms with Crippen LogP contribution in [0.25, 0.3) is 11.6 Å². The molecule has 22 heavy (non-hydrogen) atoms. The Bertz CT molecular complexity index is 795. The third kappa shape index (κ3) is 3.01. The highest BCUT2D eigenvalue weighted by atomic mass is 14.1. The van der Waals surface area contributed by atoms with Crippen LogP contribution in [0.1, 0.15) is 27.8 Å². The van der Waals surface area contributed by atoms with E-state index in [0.717, 1.165) is 0 Å². The maximum Gasteiger partial charge on any atom is -0.0103 e. The van der Waals surface area contributed by atoms with Crippen LogP contribution in [0.15, 0.2) is 78.9 Å². The minimum Gasteiger partial charge on any atom is -0.0622 e. The first-order chi connectivity index (χ1) is 10.8. The van der Waals surface area contributed by atoms with E-state index in [0.29, 0.717) is 0 Å². The maximum absolute atomic E-state index is 2.30. The molecule has 0 aromatic heterocycles. The molecule has 0 spiro atoms. The van der Waals surface area contributed by atoms with Crippen molar-refractivity contribution >= 4 is 11.6 Å². The zero-order chi connectivity index (χ0) is 15.4. The van der Waals surface area contributed by atoms with E-state index in [4.69, 9.17) is 0 Å². The molecule has 3 aromatic rings. The summed E-state index contributed by atoms with van der Waals surface area (Å²) < 4.78 is 0. The molecule has 0 bridgehead atoms. The van der Waals surface area contributed by atoms with Crippen LogP contribution in [0, 0.1) is 13.8 Å². The van der Waals surface area contributed by atoms with Crippen LogP contribution in [0.3, 0.4) is 0 Å². The van der Waals surface area contributed by atoms with Crippen LogP contribution in [0.2, 0.25) is 0 Å². The Balaban J connectivity index is 2.21. The van der Waals surface area contributed by atoms with Crippen LogP contribution < -0.4 is 0 Å². The van der Waals surface area contributed by atoms with Gasteiger partial charge in [0.2, 0.25) is 0 Å². The first kappa shape index (κ1) is 14.3. The van der Waals surface area contributed by atoms with E-state index < -0.39 is 0 Å². The van der Waals surface area contributed by atoms with Crippen molar-refractivity contribution in [3.05, 3.63) is 107 Å². The average Bonchev–Trinajstić information content (AvgIpc) is 2.56. The lowest BCUT2D eigenvalue weighted by molar-refractivity contribution is 1.41. The molecule has 0 atom stereocenters. The second-order valence-electron chi connectivity index (χ2n) is 5.60. The molecule has 3 rings (SSSR count). The van der Waals surface area contributed by atoms with Crippen molar-refractivity contribution in [1.82, 2.24) is 0 Å². The number of rotatable bonds is 3. The van der Waals surface area contributed by atoms with Gasteiger partial charge in [-0.15, -0.1) is 0 Å². The number of hydrogen-bond donors (Lipinski definition) is 0. The molecule has 0 aliphatic carbocycles. The van der Waals surface area contributed by atoms with Gasteiger partial charge in [0.05, 0.1) is 0 Å². The predicted octanol–water partition coefficient (Wildman–Crippen LogP) is 5.89. The van der Waals surface area contributed by atoms with Crippen molar-refractivity contribution in [1.29, 1.82) is 0 Å². The summed E-state index contributed by atoms with van der Waals surface area (Å²) in [6.07, 6.45) is 2.30. The highest BCUT2D eigenvalue weighted by Gasteiger charge is 2.08. The monoisotopic (exact) mass is 284 g/mol. The number of aryl methyl sites for hydroxylation is 2. The van der Waals surface area contributed by atoms with Gasteiger partial charge in [0.1, 0.15) is 0 Å². The molecule has 0 nitrogen and oxygen atoms in total. The smallest absolute Gasteiger partial charge is 0.0103 e. The van der Waals surface area contributed by atoms with E-state index in [1.165, 1.54) is 33.4 Å². The summed E-state index contributed by atoms with van der Waals surface area (Å²) in [6, 6.07) is 27.7. The third-order valence-electron chi connectivity index (χ3n) is 4.01. The van der Waals surface area contributed by atoms with E-state index in [-0.39, 0.29) is 0 Å². The second kappa shape index (κ2) is 6.44. The van der Waals surface area contributed by atoms with Gasteiger partial charge in [0.25, 0.3) is 0 Å². The van der Waals surface area contributed by atoms with Gasteiger partial charge in [-0.3, -0.25) is 0 Å². The number of hydrogen-bond acceptors (Lipinski definition) is 0. The van der Waals surface area contributed by atoms with E-state index in [1.54, 1.807) is 0 Å². The van der Waals surface area contributed by atoms with Crippen LogP contribution in [0.4, 0.5) is 0 Å². The molecule has 0 N–H and O–H groups in total. The first-order valence-electron chi connectivity index (χ1n) is 7.64. The molecular formula is C22H20. The highest BCUT2D eigenvalue weighted by Crippen LogP contribution is 2.29. The SMILES string of the molecule is Cc1ccccc1/C=C(\c1ccccc1)c1ccccc1C. The average molecular weight is 284 g/mol. The van der Waals surface area contributed by atoms with Crippen LogP contribution in [-0.2, 0) is 0 Å². The topological polar surface area (TPSA) is 0 Å². The van der Waals surface area contributed by atoms with E-state index >= 15 is 0 Å². The fourth-order valence-electron chi connectivity index (χ4n) is 2.71. The fraction of sp³-hybridized carbons (Fsp3) is 0.0909. The number of benzene rings is 3. The molecule has 0 radical (unpaired) electrons. The van der Waals surface area contributed by atoms with Gasteiger partial charge < -0.3 is 0 Å². The summed E-state index contributed by atoms with van der Waals surface area (Å²) in [5, 5.41) is 0. The summed E-state index contributed by atoms with van der Waals surface area (Å²) in [5.74, 6) is 0. The lowest BCUT2D eigenvalue weighted by Crippen LogP contribution is -1.92. The molecule has 108 valence electrons. The Morgan fingerprint density at radius 1 is 0.636 bits per heavy atom. The van der Waals surface area contributed by atoms with Crippen molar-refractivity contribution in [3.8, 4) is 0 Å². The summed E-state index contributed by atoms with van der Waals surface area (Å²) in [5.41, 5.74) is 7.67. The molecule has 0 amide bonds. The fourth-order valence-corrected chi connectivity index (χ4v) is 2.71. The first-order valence-corrected chi connectivity index (χ1v) is 7.64. The lowest BCUT2D eigenvalue weighted by Gasteiger charge is -2.12.